The molecule has 3 N–H and O–H groups in total. The van der Waals surface area contributed by atoms with E-state index in [1.165, 1.54) is 0 Å². The van der Waals surface area contributed by atoms with Crippen molar-refractivity contribution in [3.8, 4) is 0 Å². The molecule has 1 rings (SSSR count). The summed E-state index contributed by atoms with van der Waals surface area (Å²) in [6.45, 7) is 7.02. The first-order chi connectivity index (χ1) is 8.36. The van der Waals surface area contributed by atoms with Gasteiger partial charge in [-0.05, 0) is 24.6 Å². The number of likely N-dealkylation sites (N-methyl/N-ethyl adjacent to an activating group) is 1. The minimum absolute atomic E-state index is 0.0359. The van der Waals surface area contributed by atoms with E-state index in [0.717, 1.165) is 5.69 Å². The molecule has 1 aromatic rings. The fourth-order valence-electron chi connectivity index (χ4n) is 1.97. The highest BCUT2D eigenvalue weighted by Gasteiger charge is 2.31. The number of hydrogen-bond acceptors (Lipinski definition) is 4. The minimum atomic E-state index is -0.0868. The van der Waals surface area contributed by atoms with Gasteiger partial charge >= 0.3 is 0 Å². The van der Waals surface area contributed by atoms with Gasteiger partial charge in [0.25, 0.3) is 0 Å². The summed E-state index contributed by atoms with van der Waals surface area (Å²) in [5.41, 5.74) is 7.19. The molecule has 0 aromatic carbocycles. The smallest absolute Gasteiger partial charge is 0.0602 e. The van der Waals surface area contributed by atoms with Crippen LogP contribution in [0.25, 0.3) is 0 Å². The molecule has 0 aliphatic carbocycles. The summed E-state index contributed by atoms with van der Waals surface area (Å²) in [5, 5.41) is 9.57. The van der Waals surface area contributed by atoms with Crippen LogP contribution in [0.4, 0.5) is 0 Å². The van der Waals surface area contributed by atoms with Crippen LogP contribution in [0.1, 0.15) is 26.5 Å². The molecular formula is C14H25N3O. The SMILES string of the molecule is CN(Cc1ccccn1)C(CO)C(N)C(C)(C)C. The quantitative estimate of drug-likeness (QED) is 0.826. The minimum Gasteiger partial charge on any atom is -0.395 e. The van der Waals surface area contributed by atoms with Gasteiger partial charge in [0.15, 0.2) is 0 Å². The van der Waals surface area contributed by atoms with Crippen molar-refractivity contribution in [2.75, 3.05) is 13.7 Å². The Labute approximate surface area is 110 Å². The zero-order chi connectivity index (χ0) is 13.8. The van der Waals surface area contributed by atoms with Crippen molar-refractivity contribution in [1.29, 1.82) is 0 Å². The van der Waals surface area contributed by atoms with Crippen LogP contribution in [0, 0.1) is 5.41 Å². The summed E-state index contributed by atoms with van der Waals surface area (Å²) in [4.78, 5) is 6.36. The molecule has 0 saturated carbocycles. The Hall–Kier alpha value is -0.970. The van der Waals surface area contributed by atoms with Crippen LogP contribution in [0.15, 0.2) is 24.4 Å². The van der Waals surface area contributed by atoms with E-state index in [1.807, 2.05) is 25.2 Å². The van der Waals surface area contributed by atoms with Gasteiger partial charge in [-0.1, -0.05) is 26.8 Å². The number of hydrogen-bond donors (Lipinski definition) is 2. The molecule has 4 nitrogen and oxygen atoms in total. The molecule has 18 heavy (non-hydrogen) atoms. The van der Waals surface area contributed by atoms with Crippen molar-refractivity contribution < 1.29 is 5.11 Å². The van der Waals surface area contributed by atoms with Crippen LogP contribution in [0.3, 0.4) is 0 Å². The Kier molecular flexibility index (Phi) is 5.26. The fraction of sp³-hybridized carbons (Fsp3) is 0.643. The Morgan fingerprint density at radius 2 is 2.06 bits per heavy atom. The van der Waals surface area contributed by atoms with E-state index in [0.29, 0.717) is 6.54 Å². The van der Waals surface area contributed by atoms with Crippen molar-refractivity contribution >= 4 is 0 Å². The van der Waals surface area contributed by atoms with Gasteiger partial charge < -0.3 is 10.8 Å². The van der Waals surface area contributed by atoms with Gasteiger partial charge in [-0.2, -0.15) is 0 Å². The molecule has 0 aliphatic rings. The molecule has 0 bridgehead atoms. The Morgan fingerprint density at radius 3 is 2.50 bits per heavy atom. The number of aliphatic hydroxyl groups is 1. The van der Waals surface area contributed by atoms with Gasteiger partial charge in [-0.15, -0.1) is 0 Å². The second-order valence-electron chi connectivity index (χ2n) is 5.88. The Balaban J connectivity index is 2.71. The lowest BCUT2D eigenvalue weighted by Crippen LogP contribution is -2.54. The van der Waals surface area contributed by atoms with Crippen LogP contribution in [0.5, 0.6) is 0 Å². The number of aliphatic hydroxyl groups excluding tert-OH is 1. The third-order valence-electron chi connectivity index (χ3n) is 3.31. The topological polar surface area (TPSA) is 62.4 Å². The van der Waals surface area contributed by atoms with E-state index >= 15 is 0 Å². The Bertz CT molecular complexity index is 348. The maximum Gasteiger partial charge on any atom is 0.0602 e. The van der Waals surface area contributed by atoms with Crippen molar-refractivity contribution in [1.82, 2.24) is 9.88 Å². The van der Waals surface area contributed by atoms with Crippen LogP contribution < -0.4 is 5.73 Å². The molecule has 4 heteroatoms. The number of rotatable bonds is 5. The number of nitrogens with two attached hydrogens (primary N) is 1. The van der Waals surface area contributed by atoms with Crippen LogP contribution in [0.2, 0.25) is 0 Å². The molecule has 2 unspecified atom stereocenters. The molecule has 0 radical (unpaired) electrons. The lowest BCUT2D eigenvalue weighted by Gasteiger charge is -2.38. The normalized spacial score (nSPS) is 15.7. The van der Waals surface area contributed by atoms with Crippen molar-refractivity contribution in [2.24, 2.45) is 11.1 Å². The summed E-state index contributed by atoms with van der Waals surface area (Å²) in [6.07, 6.45) is 1.78. The zero-order valence-corrected chi connectivity index (χ0v) is 11.8. The zero-order valence-electron chi connectivity index (χ0n) is 11.8. The van der Waals surface area contributed by atoms with Gasteiger partial charge in [0.05, 0.1) is 12.3 Å². The number of aromatic nitrogens is 1. The summed E-state index contributed by atoms with van der Waals surface area (Å²) in [6, 6.07) is 5.69. The predicted octanol–water partition coefficient (Wildman–Crippen LogP) is 1.25. The predicted molar refractivity (Wildman–Crippen MR) is 74.0 cm³/mol. The van der Waals surface area contributed by atoms with Gasteiger partial charge in [0.1, 0.15) is 0 Å². The fourth-order valence-corrected chi connectivity index (χ4v) is 1.97. The highest BCUT2D eigenvalue weighted by atomic mass is 16.3. The molecule has 0 spiro atoms. The van der Waals surface area contributed by atoms with Crippen molar-refractivity contribution in [2.45, 2.75) is 39.4 Å². The monoisotopic (exact) mass is 251 g/mol. The average Bonchev–Trinajstić information content (AvgIpc) is 2.29. The van der Waals surface area contributed by atoms with Gasteiger partial charge in [0, 0.05) is 24.8 Å². The summed E-state index contributed by atoms with van der Waals surface area (Å²) >= 11 is 0. The third kappa shape index (κ3) is 4.05. The van der Waals surface area contributed by atoms with Crippen molar-refractivity contribution in [3.05, 3.63) is 30.1 Å². The maximum absolute atomic E-state index is 9.57. The first-order valence-electron chi connectivity index (χ1n) is 6.33. The molecule has 0 amide bonds. The number of pyridine rings is 1. The van der Waals surface area contributed by atoms with E-state index in [1.54, 1.807) is 6.20 Å². The second-order valence-corrected chi connectivity index (χ2v) is 5.88. The lowest BCUT2D eigenvalue weighted by atomic mass is 9.82. The first-order valence-corrected chi connectivity index (χ1v) is 6.33. The van der Waals surface area contributed by atoms with Gasteiger partial charge in [-0.3, -0.25) is 9.88 Å². The Morgan fingerprint density at radius 1 is 1.39 bits per heavy atom. The molecule has 0 saturated heterocycles. The standard InChI is InChI=1S/C14H25N3O/c1-14(2,3)13(15)12(10-18)17(4)9-11-7-5-6-8-16-11/h5-8,12-13,18H,9-10,15H2,1-4H3. The van der Waals surface area contributed by atoms with Gasteiger partial charge in [0.2, 0.25) is 0 Å². The molecule has 102 valence electrons. The summed E-state index contributed by atoms with van der Waals surface area (Å²) in [5.74, 6) is 0. The van der Waals surface area contributed by atoms with Crippen LogP contribution in [-0.2, 0) is 6.54 Å². The van der Waals surface area contributed by atoms with Crippen LogP contribution in [-0.4, -0.2) is 40.7 Å². The lowest BCUT2D eigenvalue weighted by molar-refractivity contribution is 0.0835. The third-order valence-corrected chi connectivity index (χ3v) is 3.31. The van der Waals surface area contributed by atoms with E-state index < -0.39 is 0 Å². The first kappa shape index (κ1) is 15.1. The van der Waals surface area contributed by atoms with E-state index in [4.69, 9.17) is 5.73 Å². The van der Waals surface area contributed by atoms with E-state index in [2.05, 4.69) is 30.7 Å². The second kappa shape index (κ2) is 6.27. The van der Waals surface area contributed by atoms with Crippen molar-refractivity contribution in [3.63, 3.8) is 0 Å². The molecule has 1 heterocycles. The molecule has 2 atom stereocenters. The van der Waals surface area contributed by atoms with E-state index in [-0.39, 0.29) is 24.1 Å². The largest absolute Gasteiger partial charge is 0.395 e. The average molecular weight is 251 g/mol. The van der Waals surface area contributed by atoms with Crippen LogP contribution >= 0.6 is 0 Å². The summed E-state index contributed by atoms with van der Waals surface area (Å²) < 4.78 is 0. The molecule has 0 aliphatic heterocycles. The summed E-state index contributed by atoms with van der Waals surface area (Å²) in [7, 11) is 1.97. The molecular weight excluding hydrogens is 226 g/mol. The van der Waals surface area contributed by atoms with Gasteiger partial charge in [-0.25, -0.2) is 0 Å². The highest BCUT2D eigenvalue weighted by molar-refractivity contribution is 5.04. The maximum atomic E-state index is 9.57. The molecule has 0 fully saturated rings. The van der Waals surface area contributed by atoms with E-state index in [9.17, 15) is 5.11 Å². The molecule has 1 aromatic heterocycles. The number of nitrogens with zero attached hydrogens (tertiary/aromatic N) is 2. The highest BCUT2D eigenvalue weighted by Crippen LogP contribution is 2.22.